The Kier molecular flexibility index (Phi) is 7.56. The minimum absolute atomic E-state index is 0.160. The summed E-state index contributed by atoms with van der Waals surface area (Å²) in [5.74, 6) is -3.19. The number of aromatic nitrogens is 1. The Labute approximate surface area is 164 Å². The zero-order valence-electron chi connectivity index (χ0n) is 15.3. The lowest BCUT2D eigenvalue weighted by Gasteiger charge is -2.17. The fourth-order valence-electron chi connectivity index (χ4n) is 2.42. The molecule has 0 spiro atoms. The average molecular weight is 411 g/mol. The van der Waals surface area contributed by atoms with Gasteiger partial charge in [-0.3, -0.25) is 9.59 Å². The summed E-state index contributed by atoms with van der Waals surface area (Å²) < 4.78 is 31.1. The number of esters is 1. The van der Waals surface area contributed by atoms with E-state index in [1.54, 1.807) is 0 Å². The minimum Gasteiger partial charge on any atom is -0.465 e. The maximum absolute atomic E-state index is 13.2. The zero-order valence-corrected chi connectivity index (χ0v) is 16.1. The van der Waals surface area contributed by atoms with E-state index in [0.29, 0.717) is 18.9 Å². The van der Waals surface area contributed by atoms with Gasteiger partial charge in [-0.25, -0.2) is 18.6 Å². The third-order valence-electron chi connectivity index (χ3n) is 3.64. The topological polar surface area (TPSA) is 97.4 Å². The Morgan fingerprint density at radius 1 is 1.21 bits per heavy atom. The van der Waals surface area contributed by atoms with Crippen LogP contribution in [0.5, 0.6) is 0 Å². The number of rotatable bonds is 8. The van der Waals surface area contributed by atoms with Gasteiger partial charge in [0.15, 0.2) is 5.13 Å². The predicted molar refractivity (Wildman–Crippen MR) is 99.0 cm³/mol. The first-order chi connectivity index (χ1) is 13.3. The molecule has 28 heavy (non-hydrogen) atoms. The first-order valence-corrected chi connectivity index (χ1v) is 9.23. The number of nitrogens with zero attached hydrogens (tertiary/aromatic N) is 1. The van der Waals surface area contributed by atoms with Crippen molar-refractivity contribution < 1.29 is 27.9 Å². The van der Waals surface area contributed by atoms with Crippen molar-refractivity contribution in [2.45, 2.75) is 32.2 Å². The molecule has 0 fully saturated rings. The molecule has 150 valence electrons. The van der Waals surface area contributed by atoms with Gasteiger partial charge in [0, 0.05) is 6.07 Å². The van der Waals surface area contributed by atoms with Crippen molar-refractivity contribution in [1.29, 1.82) is 0 Å². The monoisotopic (exact) mass is 411 g/mol. The molecule has 10 heteroatoms. The van der Waals surface area contributed by atoms with Crippen LogP contribution in [0.3, 0.4) is 0 Å². The lowest BCUT2D eigenvalue weighted by molar-refractivity contribution is -0.126. The van der Waals surface area contributed by atoms with E-state index in [1.807, 2.05) is 6.92 Å². The van der Waals surface area contributed by atoms with Crippen LogP contribution in [0, 0.1) is 11.6 Å². The first-order valence-electron chi connectivity index (χ1n) is 8.41. The molecular weight excluding hydrogens is 392 g/mol. The van der Waals surface area contributed by atoms with Crippen molar-refractivity contribution in [3.63, 3.8) is 0 Å². The highest BCUT2D eigenvalue weighted by atomic mass is 32.1. The van der Waals surface area contributed by atoms with E-state index < -0.39 is 35.5 Å². The summed E-state index contributed by atoms with van der Waals surface area (Å²) in [4.78, 5) is 40.2. The molecule has 0 bridgehead atoms. The molecule has 0 aliphatic heterocycles. The van der Waals surface area contributed by atoms with Crippen molar-refractivity contribution in [2.24, 2.45) is 0 Å². The van der Waals surface area contributed by atoms with Crippen molar-refractivity contribution in [3.8, 4) is 0 Å². The third kappa shape index (κ3) is 6.08. The van der Waals surface area contributed by atoms with Crippen molar-refractivity contribution in [2.75, 3.05) is 12.4 Å². The Bertz CT molecular complexity index is 852. The maximum atomic E-state index is 13.2. The smallest absolute Gasteiger partial charge is 0.349 e. The lowest BCUT2D eigenvalue weighted by Crippen LogP contribution is -2.44. The van der Waals surface area contributed by atoms with Crippen LogP contribution in [0.25, 0.3) is 0 Å². The number of nitrogens with one attached hydrogen (secondary N) is 2. The number of benzene rings is 1. The van der Waals surface area contributed by atoms with E-state index in [-0.39, 0.29) is 22.0 Å². The molecule has 0 radical (unpaired) electrons. The highest BCUT2D eigenvalue weighted by molar-refractivity contribution is 7.17. The quantitative estimate of drug-likeness (QED) is 0.651. The Morgan fingerprint density at radius 3 is 2.50 bits per heavy atom. The molecule has 0 aliphatic rings. The minimum atomic E-state index is -0.860. The van der Waals surface area contributed by atoms with Gasteiger partial charge in [0.1, 0.15) is 22.6 Å². The Morgan fingerprint density at radius 2 is 1.89 bits per heavy atom. The van der Waals surface area contributed by atoms with Crippen LogP contribution < -0.4 is 10.6 Å². The fourth-order valence-corrected chi connectivity index (χ4v) is 3.16. The summed E-state index contributed by atoms with van der Waals surface area (Å²) in [5.41, 5.74) is 0.160. The number of hydrogen-bond donors (Lipinski definition) is 2. The molecular formula is C18H19F2N3O4S. The van der Waals surface area contributed by atoms with Crippen LogP contribution in [0.2, 0.25) is 0 Å². The number of amides is 2. The van der Waals surface area contributed by atoms with Gasteiger partial charge in [0.2, 0.25) is 11.8 Å². The van der Waals surface area contributed by atoms with Crippen LogP contribution in [0.1, 0.15) is 35.0 Å². The molecule has 1 aromatic heterocycles. The van der Waals surface area contributed by atoms with Crippen molar-refractivity contribution in [1.82, 2.24) is 10.3 Å². The van der Waals surface area contributed by atoms with Crippen molar-refractivity contribution in [3.05, 3.63) is 46.5 Å². The van der Waals surface area contributed by atoms with Gasteiger partial charge in [0.05, 0.1) is 19.7 Å². The molecule has 1 aromatic carbocycles. The van der Waals surface area contributed by atoms with Gasteiger partial charge >= 0.3 is 5.97 Å². The molecule has 0 aliphatic carbocycles. The van der Waals surface area contributed by atoms with Gasteiger partial charge in [-0.1, -0.05) is 24.7 Å². The Balaban J connectivity index is 2.00. The third-order valence-corrected chi connectivity index (χ3v) is 4.53. The number of hydrogen-bond acceptors (Lipinski definition) is 6. The second-order valence-corrected chi connectivity index (χ2v) is 6.90. The number of thiazole rings is 1. The SMILES string of the molecule is CCCC(NC(=O)Cc1cc(F)cc(F)c1)C(=O)Nc1ncc(C(=O)OC)s1. The van der Waals surface area contributed by atoms with Gasteiger partial charge < -0.3 is 15.4 Å². The number of anilines is 1. The number of carbonyl (C=O) groups is 3. The average Bonchev–Trinajstić information content (AvgIpc) is 3.08. The van der Waals surface area contributed by atoms with Crippen LogP contribution >= 0.6 is 11.3 Å². The number of methoxy groups -OCH3 is 1. The summed E-state index contributed by atoms with van der Waals surface area (Å²) >= 11 is 0.940. The van der Waals surface area contributed by atoms with Crippen molar-refractivity contribution >= 4 is 34.3 Å². The molecule has 0 saturated carbocycles. The summed E-state index contributed by atoms with van der Waals surface area (Å²) in [5, 5.41) is 5.28. The summed E-state index contributed by atoms with van der Waals surface area (Å²) in [7, 11) is 1.23. The molecule has 2 amide bonds. The van der Waals surface area contributed by atoms with E-state index in [0.717, 1.165) is 23.5 Å². The summed E-state index contributed by atoms with van der Waals surface area (Å²) in [6, 6.07) is 1.97. The fraction of sp³-hybridized carbons (Fsp3) is 0.333. The molecule has 2 aromatic rings. The molecule has 2 N–H and O–H groups in total. The maximum Gasteiger partial charge on any atom is 0.349 e. The van der Waals surface area contributed by atoms with Gasteiger partial charge in [-0.2, -0.15) is 0 Å². The second kappa shape index (κ2) is 9.88. The van der Waals surface area contributed by atoms with Gasteiger partial charge in [-0.15, -0.1) is 0 Å². The van der Waals surface area contributed by atoms with E-state index in [4.69, 9.17) is 0 Å². The normalized spacial score (nSPS) is 11.6. The number of carbonyl (C=O) groups excluding carboxylic acids is 3. The molecule has 0 saturated heterocycles. The highest BCUT2D eigenvalue weighted by Gasteiger charge is 2.22. The largest absolute Gasteiger partial charge is 0.465 e. The van der Waals surface area contributed by atoms with Gasteiger partial charge in [-0.05, 0) is 24.1 Å². The lowest BCUT2D eigenvalue weighted by atomic mass is 10.1. The highest BCUT2D eigenvalue weighted by Crippen LogP contribution is 2.19. The second-order valence-electron chi connectivity index (χ2n) is 5.87. The molecule has 1 heterocycles. The van der Waals surface area contributed by atoms with Crippen LogP contribution in [0.4, 0.5) is 13.9 Å². The van der Waals surface area contributed by atoms with E-state index in [9.17, 15) is 23.2 Å². The predicted octanol–water partition coefficient (Wildman–Crippen LogP) is 2.67. The number of halogens is 2. The van der Waals surface area contributed by atoms with E-state index >= 15 is 0 Å². The molecule has 2 rings (SSSR count). The van der Waals surface area contributed by atoms with Gasteiger partial charge in [0.25, 0.3) is 0 Å². The first kappa shape index (κ1) is 21.4. The van der Waals surface area contributed by atoms with Crippen LogP contribution in [-0.2, 0) is 20.7 Å². The molecule has 7 nitrogen and oxygen atoms in total. The van der Waals surface area contributed by atoms with Crippen LogP contribution in [-0.4, -0.2) is 35.9 Å². The molecule has 1 unspecified atom stereocenters. The standard InChI is InChI=1S/C18H19F2N3O4S/c1-3-4-13(16(25)23-18-21-9-14(28-18)17(26)27-2)22-15(24)7-10-5-11(19)8-12(20)6-10/h5-6,8-9,13H,3-4,7H2,1-2H3,(H,22,24)(H,21,23,25). The zero-order chi connectivity index (χ0) is 20.7. The van der Waals surface area contributed by atoms with E-state index in [1.165, 1.54) is 13.3 Å². The summed E-state index contributed by atoms with van der Waals surface area (Å²) in [6.45, 7) is 1.84. The molecule has 1 atom stereocenters. The Hall–Kier alpha value is -2.88. The number of ether oxygens (including phenoxy) is 1. The van der Waals surface area contributed by atoms with Crippen LogP contribution in [0.15, 0.2) is 24.4 Å². The van der Waals surface area contributed by atoms with E-state index in [2.05, 4.69) is 20.4 Å². The summed E-state index contributed by atoms with van der Waals surface area (Å²) in [6.07, 6.45) is 1.96.